The van der Waals surface area contributed by atoms with Crippen LogP contribution in [0.2, 0.25) is 0 Å². The first-order valence-corrected chi connectivity index (χ1v) is 5.20. The molecule has 1 saturated heterocycles. The summed E-state index contributed by atoms with van der Waals surface area (Å²) in [5, 5.41) is 0. The topological polar surface area (TPSA) is 42.1 Å². The van der Waals surface area contributed by atoms with E-state index >= 15 is 0 Å². The molecule has 1 fully saturated rings. The van der Waals surface area contributed by atoms with Crippen molar-refractivity contribution in [2.45, 2.75) is 32.4 Å². The Morgan fingerprint density at radius 1 is 1.64 bits per heavy atom. The summed E-state index contributed by atoms with van der Waals surface area (Å²) in [6, 6.07) is 4.49. The lowest BCUT2D eigenvalue weighted by molar-refractivity contribution is 0.257. The molecule has 2 heterocycles. The molecule has 0 spiro atoms. The first kappa shape index (κ1) is 9.46. The highest BCUT2D eigenvalue weighted by atomic mass is 15.2. The molecule has 1 aliphatic rings. The van der Waals surface area contributed by atoms with Crippen molar-refractivity contribution < 1.29 is 0 Å². The van der Waals surface area contributed by atoms with Crippen LogP contribution in [0.1, 0.15) is 25.5 Å². The second kappa shape index (κ2) is 3.96. The van der Waals surface area contributed by atoms with Gasteiger partial charge in [-0.05, 0) is 38.4 Å². The van der Waals surface area contributed by atoms with E-state index in [0.717, 1.165) is 17.9 Å². The van der Waals surface area contributed by atoms with Gasteiger partial charge in [0.2, 0.25) is 0 Å². The maximum Gasteiger partial charge on any atom is 0.0564 e. The van der Waals surface area contributed by atoms with Crippen LogP contribution in [-0.4, -0.2) is 22.5 Å². The smallest absolute Gasteiger partial charge is 0.0564 e. The van der Waals surface area contributed by atoms with E-state index in [1.807, 2.05) is 12.1 Å². The van der Waals surface area contributed by atoms with Gasteiger partial charge in [-0.2, -0.15) is 0 Å². The zero-order valence-electron chi connectivity index (χ0n) is 8.61. The Balaban J connectivity index is 2.03. The fourth-order valence-corrected chi connectivity index (χ4v) is 2.02. The Morgan fingerprint density at radius 2 is 2.50 bits per heavy atom. The monoisotopic (exact) mass is 191 g/mol. The lowest BCUT2D eigenvalue weighted by Gasteiger charge is -2.20. The predicted molar refractivity (Wildman–Crippen MR) is 57.8 cm³/mol. The molecule has 0 aliphatic carbocycles. The van der Waals surface area contributed by atoms with Crippen molar-refractivity contribution in [2.75, 3.05) is 12.3 Å². The van der Waals surface area contributed by atoms with Crippen LogP contribution in [0.25, 0.3) is 0 Å². The fraction of sp³-hybridized carbons (Fsp3) is 0.545. The molecule has 14 heavy (non-hydrogen) atoms. The van der Waals surface area contributed by atoms with E-state index in [1.165, 1.54) is 19.4 Å². The van der Waals surface area contributed by atoms with E-state index in [0.29, 0.717) is 6.04 Å². The van der Waals surface area contributed by atoms with Gasteiger partial charge in [-0.15, -0.1) is 0 Å². The Morgan fingerprint density at radius 3 is 3.14 bits per heavy atom. The molecular formula is C11H17N3. The quantitative estimate of drug-likeness (QED) is 0.773. The van der Waals surface area contributed by atoms with Crippen LogP contribution in [0.3, 0.4) is 0 Å². The molecule has 1 unspecified atom stereocenters. The number of pyridine rings is 1. The van der Waals surface area contributed by atoms with E-state index in [2.05, 4.69) is 16.8 Å². The summed E-state index contributed by atoms with van der Waals surface area (Å²) in [6.07, 6.45) is 4.40. The van der Waals surface area contributed by atoms with Crippen molar-refractivity contribution in [1.29, 1.82) is 0 Å². The third kappa shape index (κ3) is 2.04. The third-order valence-electron chi connectivity index (χ3n) is 2.90. The number of anilines is 1. The van der Waals surface area contributed by atoms with Crippen molar-refractivity contribution in [3.8, 4) is 0 Å². The largest absolute Gasteiger partial charge is 0.399 e. The molecule has 1 aromatic rings. The van der Waals surface area contributed by atoms with Crippen molar-refractivity contribution in [2.24, 2.45) is 0 Å². The molecule has 0 amide bonds. The molecule has 76 valence electrons. The SMILES string of the molecule is CC1CCCN1Cc1cc(N)ccn1. The maximum atomic E-state index is 5.71. The summed E-state index contributed by atoms with van der Waals surface area (Å²) in [4.78, 5) is 6.78. The third-order valence-corrected chi connectivity index (χ3v) is 2.90. The number of nitrogen functional groups attached to an aromatic ring is 1. The Bertz CT molecular complexity index is 311. The van der Waals surface area contributed by atoms with Gasteiger partial charge < -0.3 is 5.73 Å². The normalized spacial score (nSPS) is 22.8. The number of hydrogen-bond acceptors (Lipinski definition) is 3. The lowest BCUT2D eigenvalue weighted by Crippen LogP contribution is -2.26. The lowest BCUT2D eigenvalue weighted by atomic mass is 10.2. The van der Waals surface area contributed by atoms with E-state index in [4.69, 9.17) is 5.73 Å². The molecule has 0 aromatic carbocycles. The van der Waals surface area contributed by atoms with Gasteiger partial charge in [0.25, 0.3) is 0 Å². The molecule has 1 aliphatic heterocycles. The minimum Gasteiger partial charge on any atom is -0.399 e. The second-order valence-electron chi connectivity index (χ2n) is 4.04. The van der Waals surface area contributed by atoms with Crippen LogP contribution < -0.4 is 5.73 Å². The molecule has 0 bridgehead atoms. The van der Waals surface area contributed by atoms with Gasteiger partial charge in [-0.3, -0.25) is 9.88 Å². The summed E-state index contributed by atoms with van der Waals surface area (Å²) in [5.41, 5.74) is 7.60. The summed E-state index contributed by atoms with van der Waals surface area (Å²) >= 11 is 0. The van der Waals surface area contributed by atoms with Gasteiger partial charge in [0.15, 0.2) is 0 Å². The maximum absolute atomic E-state index is 5.71. The highest BCUT2D eigenvalue weighted by molar-refractivity contribution is 5.37. The van der Waals surface area contributed by atoms with Crippen LogP contribution >= 0.6 is 0 Å². The van der Waals surface area contributed by atoms with E-state index in [9.17, 15) is 0 Å². The van der Waals surface area contributed by atoms with Gasteiger partial charge >= 0.3 is 0 Å². The van der Waals surface area contributed by atoms with Crippen LogP contribution in [0, 0.1) is 0 Å². The molecule has 0 saturated carbocycles. The molecule has 1 atom stereocenters. The minimum absolute atomic E-state index is 0.693. The molecule has 3 heteroatoms. The molecule has 1 aromatic heterocycles. The van der Waals surface area contributed by atoms with Crippen LogP contribution in [0.4, 0.5) is 5.69 Å². The van der Waals surface area contributed by atoms with Gasteiger partial charge in [-0.25, -0.2) is 0 Å². The fourth-order valence-electron chi connectivity index (χ4n) is 2.02. The standard InChI is InChI=1S/C11H17N3/c1-9-3-2-6-14(9)8-11-7-10(12)4-5-13-11/h4-5,7,9H,2-3,6,8H2,1H3,(H2,12,13). The number of aromatic nitrogens is 1. The Hall–Kier alpha value is -1.09. The number of rotatable bonds is 2. The zero-order chi connectivity index (χ0) is 9.97. The number of nitrogens with two attached hydrogens (primary N) is 1. The van der Waals surface area contributed by atoms with Crippen molar-refractivity contribution in [3.63, 3.8) is 0 Å². The summed E-state index contributed by atoms with van der Waals surface area (Å²) in [5.74, 6) is 0. The first-order chi connectivity index (χ1) is 6.75. The van der Waals surface area contributed by atoms with Crippen LogP contribution in [-0.2, 0) is 6.54 Å². The van der Waals surface area contributed by atoms with Crippen molar-refractivity contribution in [1.82, 2.24) is 9.88 Å². The highest BCUT2D eigenvalue weighted by Crippen LogP contribution is 2.18. The summed E-state index contributed by atoms with van der Waals surface area (Å²) in [6.45, 7) is 4.41. The molecule has 2 rings (SSSR count). The molecule has 3 nitrogen and oxygen atoms in total. The highest BCUT2D eigenvalue weighted by Gasteiger charge is 2.20. The molecule has 2 N–H and O–H groups in total. The zero-order valence-corrected chi connectivity index (χ0v) is 8.61. The van der Waals surface area contributed by atoms with Crippen molar-refractivity contribution >= 4 is 5.69 Å². The average molecular weight is 191 g/mol. The molecule has 0 radical (unpaired) electrons. The minimum atomic E-state index is 0.693. The van der Waals surface area contributed by atoms with Gasteiger partial charge in [0.1, 0.15) is 0 Å². The average Bonchev–Trinajstić information content (AvgIpc) is 2.52. The number of likely N-dealkylation sites (tertiary alicyclic amines) is 1. The van der Waals surface area contributed by atoms with Gasteiger partial charge in [0, 0.05) is 24.5 Å². The Kier molecular flexibility index (Phi) is 2.68. The Labute approximate surface area is 84.9 Å². The van der Waals surface area contributed by atoms with Crippen LogP contribution in [0.5, 0.6) is 0 Å². The first-order valence-electron chi connectivity index (χ1n) is 5.20. The van der Waals surface area contributed by atoms with E-state index in [-0.39, 0.29) is 0 Å². The van der Waals surface area contributed by atoms with E-state index in [1.54, 1.807) is 6.20 Å². The molecular weight excluding hydrogens is 174 g/mol. The predicted octanol–water partition coefficient (Wildman–Crippen LogP) is 1.65. The van der Waals surface area contributed by atoms with Gasteiger partial charge in [-0.1, -0.05) is 0 Å². The van der Waals surface area contributed by atoms with E-state index < -0.39 is 0 Å². The van der Waals surface area contributed by atoms with Crippen molar-refractivity contribution in [3.05, 3.63) is 24.0 Å². The summed E-state index contributed by atoms with van der Waals surface area (Å²) < 4.78 is 0. The van der Waals surface area contributed by atoms with Crippen LogP contribution in [0.15, 0.2) is 18.3 Å². The van der Waals surface area contributed by atoms with Gasteiger partial charge in [0.05, 0.1) is 5.69 Å². The number of nitrogens with zero attached hydrogens (tertiary/aromatic N) is 2. The summed E-state index contributed by atoms with van der Waals surface area (Å²) in [7, 11) is 0. The number of hydrogen-bond donors (Lipinski definition) is 1. The second-order valence-corrected chi connectivity index (χ2v) is 4.04.